The van der Waals surface area contributed by atoms with E-state index in [0.717, 1.165) is 5.56 Å². The fourth-order valence-corrected chi connectivity index (χ4v) is 3.73. The Morgan fingerprint density at radius 2 is 2.21 bits per heavy atom. The number of fused-ring (bicyclic) bond motifs is 1. The second-order valence-corrected chi connectivity index (χ2v) is 6.38. The van der Waals surface area contributed by atoms with Crippen LogP contribution in [-0.2, 0) is 16.4 Å². The lowest BCUT2D eigenvalue weighted by Gasteiger charge is -2.18. The average Bonchev–Trinajstić information content (AvgIpc) is 2.95. The molecule has 2 aromatic rings. The summed E-state index contributed by atoms with van der Waals surface area (Å²) in [6, 6.07) is 5.36. The number of rotatable bonds is 2. The summed E-state index contributed by atoms with van der Waals surface area (Å²) in [4.78, 5) is 6.71. The van der Waals surface area contributed by atoms with E-state index in [1.54, 1.807) is 19.1 Å². The van der Waals surface area contributed by atoms with E-state index in [1.807, 2.05) is 6.07 Å². The molecule has 0 bridgehead atoms. The number of imidazole rings is 1. The highest BCUT2D eigenvalue weighted by molar-refractivity contribution is 7.92. The highest BCUT2D eigenvalue weighted by atomic mass is 32.2. The van der Waals surface area contributed by atoms with Crippen molar-refractivity contribution in [3.63, 3.8) is 0 Å². The summed E-state index contributed by atoms with van der Waals surface area (Å²) in [6.07, 6.45) is 2.04. The first-order valence-electron chi connectivity index (χ1n) is 5.91. The molecule has 1 aliphatic heterocycles. The van der Waals surface area contributed by atoms with Crippen LogP contribution in [0.2, 0.25) is 0 Å². The summed E-state index contributed by atoms with van der Waals surface area (Å²) >= 11 is 0. The highest BCUT2D eigenvalue weighted by Crippen LogP contribution is 2.33. The molecule has 0 aliphatic carbocycles. The number of hydrogen-bond acceptors (Lipinski definition) is 4. The Bertz CT molecular complexity index is 736. The third kappa shape index (κ3) is 1.86. The molecular formula is C12H14N4O2S. The Morgan fingerprint density at radius 3 is 2.89 bits per heavy atom. The summed E-state index contributed by atoms with van der Waals surface area (Å²) in [6.45, 7) is 2.15. The molecule has 0 unspecified atom stereocenters. The van der Waals surface area contributed by atoms with Crippen LogP contribution in [0.15, 0.2) is 29.4 Å². The van der Waals surface area contributed by atoms with Crippen LogP contribution in [0.25, 0.3) is 0 Å². The summed E-state index contributed by atoms with van der Waals surface area (Å²) in [5.41, 5.74) is 7.95. The van der Waals surface area contributed by atoms with Crippen molar-refractivity contribution in [2.45, 2.75) is 18.4 Å². The number of aromatic amines is 1. The van der Waals surface area contributed by atoms with Gasteiger partial charge in [0.2, 0.25) is 0 Å². The molecule has 1 aromatic carbocycles. The lowest BCUT2D eigenvalue weighted by molar-refractivity contribution is 0.589. The van der Waals surface area contributed by atoms with E-state index in [1.165, 1.54) is 10.5 Å². The number of anilines is 2. The molecule has 19 heavy (non-hydrogen) atoms. The molecule has 100 valence electrons. The van der Waals surface area contributed by atoms with Crippen molar-refractivity contribution in [2.24, 2.45) is 0 Å². The summed E-state index contributed by atoms with van der Waals surface area (Å²) in [5.74, 6) is 0.575. The number of aromatic nitrogens is 2. The van der Waals surface area contributed by atoms with Gasteiger partial charge in [-0.15, -0.1) is 0 Å². The zero-order valence-corrected chi connectivity index (χ0v) is 11.2. The van der Waals surface area contributed by atoms with Crippen LogP contribution in [0, 0.1) is 6.92 Å². The molecule has 1 aliphatic rings. The van der Waals surface area contributed by atoms with Gasteiger partial charge in [-0.3, -0.25) is 4.31 Å². The van der Waals surface area contributed by atoms with Crippen LogP contribution in [0.1, 0.15) is 11.4 Å². The third-order valence-electron chi connectivity index (χ3n) is 3.21. The minimum absolute atomic E-state index is 0.111. The zero-order valence-electron chi connectivity index (χ0n) is 10.4. The molecular weight excluding hydrogens is 264 g/mol. The lowest BCUT2D eigenvalue weighted by Crippen LogP contribution is -2.29. The summed E-state index contributed by atoms with van der Waals surface area (Å²) < 4.78 is 26.5. The maximum atomic E-state index is 12.5. The molecule has 0 atom stereocenters. The average molecular weight is 278 g/mol. The van der Waals surface area contributed by atoms with Crippen LogP contribution >= 0.6 is 0 Å². The van der Waals surface area contributed by atoms with Gasteiger partial charge in [0.1, 0.15) is 5.82 Å². The van der Waals surface area contributed by atoms with Crippen molar-refractivity contribution in [2.75, 3.05) is 16.6 Å². The molecule has 0 saturated carbocycles. The quantitative estimate of drug-likeness (QED) is 0.803. The lowest BCUT2D eigenvalue weighted by atomic mass is 10.1. The number of aryl methyl sites for hydroxylation is 1. The molecule has 0 fully saturated rings. The molecule has 0 saturated heterocycles. The largest absolute Gasteiger partial charge is 0.399 e. The van der Waals surface area contributed by atoms with E-state index in [2.05, 4.69) is 9.97 Å². The molecule has 6 nitrogen and oxygen atoms in total. The molecule has 0 radical (unpaired) electrons. The second kappa shape index (κ2) is 3.99. The number of nitrogens with one attached hydrogen (secondary N) is 1. The minimum Gasteiger partial charge on any atom is -0.399 e. The van der Waals surface area contributed by atoms with E-state index in [0.29, 0.717) is 30.2 Å². The normalized spacial score (nSPS) is 14.7. The fourth-order valence-electron chi connectivity index (χ4n) is 2.26. The van der Waals surface area contributed by atoms with Gasteiger partial charge in [-0.25, -0.2) is 4.98 Å². The van der Waals surface area contributed by atoms with Gasteiger partial charge in [0.15, 0.2) is 5.03 Å². The first-order valence-corrected chi connectivity index (χ1v) is 7.35. The van der Waals surface area contributed by atoms with E-state index in [9.17, 15) is 8.42 Å². The Balaban J connectivity index is 2.08. The molecule has 7 heteroatoms. The molecule has 0 amide bonds. The third-order valence-corrected chi connectivity index (χ3v) is 4.93. The Hall–Kier alpha value is -2.02. The van der Waals surface area contributed by atoms with Gasteiger partial charge >= 0.3 is 0 Å². The number of hydrogen-bond donors (Lipinski definition) is 2. The van der Waals surface area contributed by atoms with Crippen molar-refractivity contribution < 1.29 is 8.42 Å². The molecule has 2 heterocycles. The van der Waals surface area contributed by atoms with Gasteiger partial charge in [0.05, 0.1) is 11.9 Å². The van der Waals surface area contributed by atoms with Gasteiger partial charge < -0.3 is 10.7 Å². The number of benzene rings is 1. The van der Waals surface area contributed by atoms with Crippen LogP contribution in [0.3, 0.4) is 0 Å². The van der Waals surface area contributed by atoms with Crippen molar-refractivity contribution in [3.8, 4) is 0 Å². The fraction of sp³-hybridized carbons (Fsp3) is 0.250. The van der Waals surface area contributed by atoms with Gasteiger partial charge in [0, 0.05) is 12.2 Å². The van der Waals surface area contributed by atoms with E-state index >= 15 is 0 Å². The van der Waals surface area contributed by atoms with Crippen molar-refractivity contribution in [3.05, 3.63) is 35.8 Å². The molecule has 3 rings (SSSR count). The number of sulfonamides is 1. The van der Waals surface area contributed by atoms with Crippen molar-refractivity contribution in [1.29, 1.82) is 0 Å². The number of nitrogens with zero attached hydrogens (tertiary/aromatic N) is 2. The predicted octanol–water partition coefficient (Wildman–Crippen LogP) is 1.05. The topological polar surface area (TPSA) is 92.1 Å². The summed E-state index contributed by atoms with van der Waals surface area (Å²) in [7, 11) is -3.59. The van der Waals surface area contributed by atoms with Gasteiger partial charge in [-0.05, 0) is 31.0 Å². The first-order chi connectivity index (χ1) is 8.98. The van der Waals surface area contributed by atoms with Crippen molar-refractivity contribution >= 4 is 21.4 Å². The van der Waals surface area contributed by atoms with Gasteiger partial charge in [-0.1, -0.05) is 6.07 Å². The molecule has 0 spiro atoms. The number of nitrogens with two attached hydrogens (primary N) is 1. The maximum absolute atomic E-state index is 12.5. The SMILES string of the molecule is Cc1ncc(S(=O)(=O)N2CCc3ccc(N)cc32)[nH]1. The Kier molecular flexibility index (Phi) is 2.53. The van der Waals surface area contributed by atoms with Crippen LogP contribution in [-0.4, -0.2) is 24.9 Å². The minimum atomic E-state index is -3.59. The van der Waals surface area contributed by atoms with Crippen LogP contribution in [0.5, 0.6) is 0 Å². The van der Waals surface area contributed by atoms with E-state index in [-0.39, 0.29) is 5.03 Å². The predicted molar refractivity (Wildman–Crippen MR) is 72.4 cm³/mol. The smallest absolute Gasteiger partial charge is 0.281 e. The van der Waals surface area contributed by atoms with E-state index < -0.39 is 10.0 Å². The highest BCUT2D eigenvalue weighted by Gasteiger charge is 2.32. The maximum Gasteiger partial charge on any atom is 0.281 e. The molecule has 3 N–H and O–H groups in total. The second-order valence-electron chi connectivity index (χ2n) is 4.55. The Morgan fingerprint density at radius 1 is 1.42 bits per heavy atom. The number of nitrogen functional groups attached to an aromatic ring is 1. The number of H-pyrrole nitrogens is 1. The standard InChI is InChI=1S/C12H14N4O2S/c1-8-14-7-12(15-8)19(17,18)16-5-4-9-2-3-10(13)6-11(9)16/h2-3,6-7H,4-5,13H2,1H3,(H,14,15). The first kappa shape index (κ1) is 12.0. The molecule has 1 aromatic heterocycles. The van der Waals surface area contributed by atoms with Gasteiger partial charge in [-0.2, -0.15) is 8.42 Å². The van der Waals surface area contributed by atoms with Crippen molar-refractivity contribution in [1.82, 2.24) is 9.97 Å². The van der Waals surface area contributed by atoms with Crippen LogP contribution < -0.4 is 10.0 Å². The van der Waals surface area contributed by atoms with E-state index in [4.69, 9.17) is 5.73 Å². The van der Waals surface area contributed by atoms with Crippen LogP contribution in [0.4, 0.5) is 11.4 Å². The monoisotopic (exact) mass is 278 g/mol. The Labute approximate surface area is 111 Å². The summed E-state index contributed by atoms with van der Waals surface area (Å²) in [5, 5.41) is 0.111. The zero-order chi connectivity index (χ0) is 13.6. The van der Waals surface area contributed by atoms with Gasteiger partial charge in [0.25, 0.3) is 10.0 Å².